The minimum Gasteiger partial charge on any atom is -0.455 e. The second-order valence-electron chi connectivity index (χ2n) is 9.12. The van der Waals surface area contributed by atoms with Crippen molar-refractivity contribution in [1.29, 1.82) is 0 Å². The molecule has 3 heterocycles. The van der Waals surface area contributed by atoms with Gasteiger partial charge in [-0.3, -0.25) is 37.5 Å². The number of hydrogen-bond acceptors (Lipinski definition) is 12. The number of azide groups is 1. The van der Waals surface area contributed by atoms with Gasteiger partial charge in [0.15, 0.2) is 18.4 Å². The van der Waals surface area contributed by atoms with Crippen molar-refractivity contribution in [2.75, 3.05) is 13.2 Å². The molecular formula is C24H27ClN5O11P. The van der Waals surface area contributed by atoms with E-state index in [2.05, 4.69) is 10.0 Å². The molecule has 2 saturated heterocycles. The fourth-order valence-electron chi connectivity index (χ4n) is 4.32. The molecule has 42 heavy (non-hydrogen) atoms. The summed E-state index contributed by atoms with van der Waals surface area (Å²) in [5.41, 5.74) is 6.05. The number of esters is 2. The second kappa shape index (κ2) is 13.2. The highest BCUT2D eigenvalue weighted by molar-refractivity contribution is 7.48. The van der Waals surface area contributed by atoms with Gasteiger partial charge in [0.05, 0.1) is 19.3 Å². The number of carbonyl (C=O) groups is 2. The molecule has 0 saturated carbocycles. The molecule has 1 unspecified atom stereocenters. The van der Waals surface area contributed by atoms with Gasteiger partial charge in [-0.05, 0) is 23.2 Å². The number of halogens is 1. The summed E-state index contributed by atoms with van der Waals surface area (Å²) in [4.78, 5) is 54.1. The van der Waals surface area contributed by atoms with E-state index in [1.807, 2.05) is 4.98 Å². The first-order chi connectivity index (χ1) is 20.0. The first kappa shape index (κ1) is 31.4. The van der Waals surface area contributed by atoms with Crippen molar-refractivity contribution in [3.8, 4) is 0 Å². The van der Waals surface area contributed by atoms with E-state index < -0.39 is 67.9 Å². The molecule has 2 aliphatic heterocycles. The van der Waals surface area contributed by atoms with Crippen molar-refractivity contribution in [1.82, 2.24) is 9.55 Å². The van der Waals surface area contributed by atoms with Crippen molar-refractivity contribution < 1.29 is 41.9 Å². The van der Waals surface area contributed by atoms with Gasteiger partial charge in [0, 0.05) is 41.5 Å². The molecule has 0 spiro atoms. The topological polar surface area (TPSA) is 210 Å². The molecule has 2 aromatic rings. The third-order valence-corrected chi connectivity index (χ3v) is 8.02. The van der Waals surface area contributed by atoms with Crippen LogP contribution in [0, 0.1) is 0 Å². The van der Waals surface area contributed by atoms with Crippen molar-refractivity contribution in [2.45, 2.75) is 63.4 Å². The van der Waals surface area contributed by atoms with Crippen LogP contribution in [0.4, 0.5) is 0 Å². The third-order valence-electron chi connectivity index (χ3n) is 6.33. The van der Waals surface area contributed by atoms with E-state index >= 15 is 0 Å². The Morgan fingerprint density at radius 2 is 1.98 bits per heavy atom. The van der Waals surface area contributed by atoms with Crippen molar-refractivity contribution in [3.63, 3.8) is 0 Å². The molecule has 2 fully saturated rings. The Morgan fingerprint density at radius 3 is 2.64 bits per heavy atom. The number of aromatic nitrogens is 2. The quantitative estimate of drug-likeness (QED) is 0.132. The zero-order valence-corrected chi connectivity index (χ0v) is 24.1. The molecule has 4 rings (SSSR count). The Hall–Kier alpha value is -3.49. The molecule has 0 amide bonds. The van der Waals surface area contributed by atoms with E-state index in [1.54, 1.807) is 24.3 Å². The lowest BCUT2D eigenvalue weighted by Gasteiger charge is -2.33. The largest absolute Gasteiger partial charge is 0.475 e. The zero-order chi connectivity index (χ0) is 30.5. The van der Waals surface area contributed by atoms with Crippen LogP contribution >= 0.6 is 19.4 Å². The number of nitrogens with zero attached hydrogens (tertiary/aromatic N) is 4. The number of aromatic amines is 1. The van der Waals surface area contributed by atoms with Crippen LogP contribution in [0.15, 0.2) is 51.2 Å². The van der Waals surface area contributed by atoms with E-state index in [9.17, 15) is 29.3 Å². The van der Waals surface area contributed by atoms with Gasteiger partial charge in [0.25, 0.3) is 5.56 Å². The summed E-state index contributed by atoms with van der Waals surface area (Å²) in [6.45, 7) is 2.05. The number of ether oxygens (including phenoxy) is 3. The molecule has 18 heteroatoms. The van der Waals surface area contributed by atoms with Gasteiger partial charge >= 0.3 is 25.5 Å². The van der Waals surface area contributed by atoms with E-state index in [1.165, 1.54) is 13.8 Å². The lowest BCUT2D eigenvalue weighted by molar-refractivity contribution is -0.173. The third kappa shape index (κ3) is 6.93. The Balaban J connectivity index is 1.72. The number of carbonyl (C=O) groups excluding carboxylic acids is 2. The number of H-pyrrole nitrogens is 1. The molecule has 0 aliphatic carbocycles. The first-order valence-corrected chi connectivity index (χ1v) is 14.6. The molecule has 2 aliphatic rings. The van der Waals surface area contributed by atoms with Crippen LogP contribution in [-0.4, -0.2) is 52.6 Å². The smallest absolute Gasteiger partial charge is 0.455 e. The van der Waals surface area contributed by atoms with Crippen LogP contribution < -0.4 is 11.2 Å². The molecule has 16 nitrogen and oxygen atoms in total. The normalized spacial score (nSPS) is 28.9. The van der Waals surface area contributed by atoms with Gasteiger partial charge in [-0.25, -0.2) is 9.36 Å². The van der Waals surface area contributed by atoms with Crippen LogP contribution in [0.5, 0.6) is 0 Å². The monoisotopic (exact) mass is 627 g/mol. The second-order valence-corrected chi connectivity index (χ2v) is 11.2. The predicted octanol–water partition coefficient (Wildman–Crippen LogP) is 3.67. The van der Waals surface area contributed by atoms with E-state index in [0.717, 1.165) is 16.8 Å². The summed E-state index contributed by atoms with van der Waals surface area (Å²) in [5.74, 6) is -1.59. The molecular weight excluding hydrogens is 601 g/mol. The summed E-state index contributed by atoms with van der Waals surface area (Å²) in [5, 5.41) is 4.09. The summed E-state index contributed by atoms with van der Waals surface area (Å²) < 4.78 is 47.9. The Kier molecular flexibility index (Phi) is 9.89. The van der Waals surface area contributed by atoms with Crippen LogP contribution in [0.25, 0.3) is 10.4 Å². The minimum atomic E-state index is -4.37. The van der Waals surface area contributed by atoms with Gasteiger partial charge in [-0.1, -0.05) is 42.7 Å². The summed E-state index contributed by atoms with van der Waals surface area (Å²) in [7, 11) is -4.37. The van der Waals surface area contributed by atoms with Crippen molar-refractivity contribution in [2.24, 2.45) is 5.11 Å². The molecule has 0 bridgehead atoms. The summed E-state index contributed by atoms with van der Waals surface area (Å²) in [6, 6.07) is 7.69. The number of hydrogen-bond donors (Lipinski definition) is 1. The summed E-state index contributed by atoms with van der Waals surface area (Å²) >= 11 is 6.08. The molecule has 1 aromatic carbocycles. The van der Waals surface area contributed by atoms with Gasteiger partial charge in [-0.2, -0.15) is 0 Å². The fourth-order valence-corrected chi connectivity index (χ4v) is 5.92. The minimum absolute atomic E-state index is 0.0375. The van der Waals surface area contributed by atoms with Gasteiger partial charge in [0.2, 0.25) is 5.72 Å². The zero-order valence-electron chi connectivity index (χ0n) is 22.4. The lowest BCUT2D eigenvalue weighted by atomic mass is 10.0. The Bertz CT molecular complexity index is 1540. The fraction of sp³-hybridized carbons (Fsp3) is 0.500. The molecule has 6 atom stereocenters. The van der Waals surface area contributed by atoms with Gasteiger partial charge < -0.3 is 14.2 Å². The highest BCUT2D eigenvalue weighted by Crippen LogP contribution is 2.58. The maximum Gasteiger partial charge on any atom is 0.475 e. The highest BCUT2D eigenvalue weighted by atomic mass is 35.5. The maximum atomic E-state index is 13.6. The van der Waals surface area contributed by atoms with Crippen molar-refractivity contribution in [3.05, 3.63) is 78.4 Å². The number of phosphoric acid groups is 1. The van der Waals surface area contributed by atoms with E-state index in [4.69, 9.17) is 39.4 Å². The van der Waals surface area contributed by atoms with Crippen LogP contribution in [-0.2, 0) is 41.9 Å². The first-order valence-electron chi connectivity index (χ1n) is 12.8. The predicted molar refractivity (Wildman–Crippen MR) is 143 cm³/mol. The summed E-state index contributed by atoms with van der Waals surface area (Å²) in [6.07, 6.45) is -4.52. The number of phosphoric ester groups is 1. The lowest BCUT2D eigenvalue weighted by Crippen LogP contribution is -2.49. The average molecular weight is 628 g/mol. The maximum absolute atomic E-state index is 13.6. The van der Waals surface area contributed by atoms with E-state index in [0.29, 0.717) is 17.0 Å². The van der Waals surface area contributed by atoms with Gasteiger partial charge in [0.1, 0.15) is 0 Å². The molecule has 1 aromatic heterocycles. The van der Waals surface area contributed by atoms with Crippen LogP contribution in [0.3, 0.4) is 0 Å². The highest BCUT2D eigenvalue weighted by Gasteiger charge is 2.61. The van der Waals surface area contributed by atoms with Crippen LogP contribution in [0.2, 0.25) is 5.02 Å². The number of benzene rings is 1. The van der Waals surface area contributed by atoms with Crippen LogP contribution in [0.1, 0.15) is 51.0 Å². The van der Waals surface area contributed by atoms with Crippen molar-refractivity contribution >= 4 is 31.4 Å². The Morgan fingerprint density at radius 1 is 1.24 bits per heavy atom. The molecule has 226 valence electrons. The SMILES string of the molecule is CCC(=O)O[C@H]1[C@H](n2ccc(=O)[nH]c2=O)O[C@@](COP2(=O)OCC[C@@H](c3cccc(Cl)c3)O2)(N=[N+]=[N-])[C@H]1OC(=O)CC. The van der Waals surface area contributed by atoms with E-state index in [-0.39, 0.29) is 19.4 Å². The number of nitrogens with one attached hydrogen (secondary N) is 1. The Labute approximate surface area is 243 Å². The standard InChI is InChI=1S/C24H27ClN5O11P/c1-3-18(32)38-20-21(39-19(33)4-2)24(28-29-26,40-22(20)30-10-8-17(31)27-23(30)34)13-37-42(35)36-11-9-16(41-42)14-6-5-7-15(25)12-14/h5-8,10,12,16,20-22H,3-4,9,11,13H2,1-2H3,(H,27,31,34)/t16-,20+,21-,22+,24+,42?/m0/s1. The molecule has 0 radical (unpaired) electrons. The molecule has 1 N–H and O–H groups in total. The average Bonchev–Trinajstić information content (AvgIpc) is 3.24. The van der Waals surface area contributed by atoms with Gasteiger partial charge in [-0.15, -0.1) is 0 Å². The number of rotatable bonds is 10.